The molecule has 0 aromatic rings. The average Bonchev–Trinajstić information content (AvgIpc) is 3.88. The van der Waals surface area contributed by atoms with Crippen LogP contribution < -0.4 is 0 Å². The molecule has 1 fully saturated rings. The van der Waals surface area contributed by atoms with Crippen LogP contribution in [-0.2, 0) is 32.9 Å². The zero-order valence-electron chi connectivity index (χ0n) is 32.8. The number of ether oxygens (including phenoxy) is 3. The van der Waals surface area contributed by atoms with E-state index in [1.54, 1.807) is 0 Å². The summed E-state index contributed by atoms with van der Waals surface area (Å²) in [5.41, 5.74) is 0. The highest BCUT2D eigenvalue weighted by Crippen LogP contribution is 2.36. The molecule has 2 N–H and O–H groups in total. The molecule has 0 aromatic heterocycles. The Bertz CT molecular complexity index is 1150. The van der Waals surface area contributed by atoms with E-state index in [9.17, 15) is 14.2 Å². The molecule has 0 aliphatic carbocycles. The van der Waals surface area contributed by atoms with Crippen molar-refractivity contribution in [2.24, 2.45) is 0 Å². The van der Waals surface area contributed by atoms with Crippen molar-refractivity contribution in [2.75, 3.05) is 13.2 Å². The minimum Gasteiger partial charge on any atom is -0.462 e. The number of hydrogen-bond acceptors (Lipinski definition) is 7. The lowest BCUT2D eigenvalue weighted by Crippen LogP contribution is -2.29. The molecule has 1 saturated heterocycles. The minimum absolute atomic E-state index is 0.168. The van der Waals surface area contributed by atoms with Crippen molar-refractivity contribution >= 4 is 19.8 Å². The van der Waals surface area contributed by atoms with Gasteiger partial charge in [-0.25, -0.2) is 4.57 Å². The van der Waals surface area contributed by atoms with Crippen LogP contribution in [0, 0.1) is 0 Å². The third-order valence-corrected chi connectivity index (χ3v) is 9.09. The Morgan fingerprint density at radius 3 is 1.60 bits per heavy atom. The van der Waals surface area contributed by atoms with Gasteiger partial charge in [0, 0.05) is 12.8 Å². The van der Waals surface area contributed by atoms with Crippen molar-refractivity contribution in [3.8, 4) is 0 Å². The number of carbonyl (C=O) groups is 2. The van der Waals surface area contributed by atoms with Gasteiger partial charge in [-0.15, -0.1) is 0 Å². The van der Waals surface area contributed by atoms with E-state index in [-0.39, 0.29) is 19.4 Å². The molecule has 1 rings (SSSR count). The van der Waals surface area contributed by atoms with Gasteiger partial charge in [0.2, 0.25) is 0 Å². The summed E-state index contributed by atoms with van der Waals surface area (Å²) in [6, 6.07) is 0. The molecule has 0 radical (unpaired) electrons. The van der Waals surface area contributed by atoms with E-state index in [4.69, 9.17) is 24.0 Å². The maximum absolute atomic E-state index is 12.4. The molecule has 1 heterocycles. The second kappa shape index (κ2) is 34.0. The molecule has 53 heavy (non-hydrogen) atoms. The minimum atomic E-state index is -4.78. The van der Waals surface area contributed by atoms with E-state index in [1.807, 2.05) is 6.08 Å². The summed E-state index contributed by atoms with van der Waals surface area (Å²) in [6.45, 7) is 3.54. The van der Waals surface area contributed by atoms with Gasteiger partial charge in [-0.2, -0.15) is 0 Å². The van der Waals surface area contributed by atoms with Gasteiger partial charge < -0.3 is 24.0 Å². The van der Waals surface area contributed by atoms with E-state index in [2.05, 4.69) is 85.2 Å². The zero-order valence-corrected chi connectivity index (χ0v) is 33.7. The van der Waals surface area contributed by atoms with Crippen LogP contribution >= 0.6 is 7.82 Å². The normalized spacial score (nSPS) is 17.1. The van der Waals surface area contributed by atoms with E-state index in [0.717, 1.165) is 64.2 Å². The molecule has 0 spiro atoms. The van der Waals surface area contributed by atoms with Crippen molar-refractivity contribution < 1.29 is 42.7 Å². The number of rotatable bonds is 35. The Hall–Kier alpha value is -2.55. The third kappa shape index (κ3) is 33.7. The molecule has 9 nitrogen and oxygen atoms in total. The quantitative estimate of drug-likeness (QED) is 0.0213. The first-order valence-corrected chi connectivity index (χ1v) is 21.9. The molecule has 0 bridgehead atoms. The first-order chi connectivity index (χ1) is 25.7. The lowest BCUT2D eigenvalue weighted by molar-refractivity contribution is -0.161. The van der Waals surface area contributed by atoms with Crippen LogP contribution in [-0.4, -0.2) is 53.3 Å². The molecule has 0 amide bonds. The maximum atomic E-state index is 12.4. The highest BCUT2D eigenvalue weighted by Gasteiger charge is 2.36. The van der Waals surface area contributed by atoms with E-state index < -0.39 is 32.5 Å². The first-order valence-electron chi connectivity index (χ1n) is 20.4. The Balaban J connectivity index is 2.14. The van der Waals surface area contributed by atoms with Crippen LogP contribution in [0.2, 0.25) is 0 Å². The van der Waals surface area contributed by atoms with Crippen LogP contribution in [0.4, 0.5) is 0 Å². The number of phosphoric acid groups is 1. The average molecular weight is 763 g/mol. The summed E-state index contributed by atoms with van der Waals surface area (Å²) in [6.07, 6.45) is 46.5. The van der Waals surface area contributed by atoms with Gasteiger partial charge in [0.25, 0.3) is 0 Å². The first kappa shape index (κ1) is 48.5. The SMILES string of the molecule is CCCCC/C=C\C/C=C\C/C=C\CCCCCCC(=O)O[C@H](COC(=O)CCC/C=C\C/C=C\CC1OC1C/C=C\CCCCC)COP(=O)(O)O. The van der Waals surface area contributed by atoms with Crippen molar-refractivity contribution in [1.29, 1.82) is 0 Å². The fourth-order valence-corrected chi connectivity index (χ4v) is 5.77. The van der Waals surface area contributed by atoms with Gasteiger partial charge in [-0.1, -0.05) is 125 Å². The predicted octanol–water partition coefficient (Wildman–Crippen LogP) is 11.3. The fraction of sp³-hybridized carbons (Fsp3) is 0.674. The van der Waals surface area contributed by atoms with Crippen LogP contribution in [0.25, 0.3) is 0 Å². The topological polar surface area (TPSA) is 132 Å². The molecule has 1 aliphatic heterocycles. The predicted molar refractivity (Wildman–Crippen MR) is 215 cm³/mol. The Labute approximate surface area is 321 Å². The molecule has 10 heteroatoms. The fourth-order valence-electron chi connectivity index (χ4n) is 5.41. The largest absolute Gasteiger partial charge is 0.469 e. The highest BCUT2D eigenvalue weighted by molar-refractivity contribution is 7.46. The van der Waals surface area contributed by atoms with Crippen molar-refractivity contribution in [1.82, 2.24) is 0 Å². The van der Waals surface area contributed by atoms with Gasteiger partial charge >= 0.3 is 19.8 Å². The van der Waals surface area contributed by atoms with Gasteiger partial charge in [0.05, 0.1) is 18.8 Å². The number of phosphoric ester groups is 1. The molecular weight excluding hydrogens is 691 g/mol. The second-order valence-electron chi connectivity index (χ2n) is 13.6. The number of carbonyl (C=O) groups excluding carboxylic acids is 2. The number of allylic oxidation sites excluding steroid dienone is 10. The standard InChI is InChI=1S/C43H71O9P/c1-3-5-7-9-11-12-13-14-15-16-17-18-19-20-23-28-32-36-43(45)51-39(38-50-53(46,47)48)37-49-42(44)35-31-27-24-21-22-26-30-34-41-40(52-41)33-29-25-10-8-6-4-2/h11-12,14-15,17-18,21,24-26,29-30,39-41H,3-10,13,16,19-20,22-23,27-28,31-38H2,1-2H3,(H2,46,47,48)/b12-11-,15-14-,18-17-,24-21-,29-25-,30-26-/t39-,40?,41?/m1/s1. The second-order valence-corrected chi connectivity index (χ2v) is 14.9. The van der Waals surface area contributed by atoms with Crippen LogP contribution in [0.5, 0.6) is 0 Å². The maximum Gasteiger partial charge on any atom is 0.469 e. The number of unbranched alkanes of at least 4 members (excludes halogenated alkanes) is 11. The Morgan fingerprint density at radius 1 is 0.585 bits per heavy atom. The summed E-state index contributed by atoms with van der Waals surface area (Å²) in [5.74, 6) is -0.988. The number of hydrogen-bond donors (Lipinski definition) is 2. The Morgan fingerprint density at radius 2 is 1.04 bits per heavy atom. The summed E-state index contributed by atoms with van der Waals surface area (Å²) in [7, 11) is -4.78. The molecular formula is C43H71O9P. The van der Waals surface area contributed by atoms with E-state index >= 15 is 0 Å². The number of esters is 2. The Kier molecular flexibility index (Phi) is 31.1. The smallest absolute Gasteiger partial charge is 0.462 e. The molecule has 1 aliphatic rings. The molecule has 302 valence electrons. The molecule has 2 unspecified atom stereocenters. The summed E-state index contributed by atoms with van der Waals surface area (Å²) in [5, 5.41) is 0. The summed E-state index contributed by atoms with van der Waals surface area (Å²) < 4.78 is 32.0. The third-order valence-electron chi connectivity index (χ3n) is 8.60. The number of epoxide rings is 1. The van der Waals surface area contributed by atoms with Crippen LogP contribution in [0.1, 0.15) is 155 Å². The van der Waals surface area contributed by atoms with E-state index in [0.29, 0.717) is 31.5 Å². The van der Waals surface area contributed by atoms with Gasteiger partial charge in [-0.05, 0) is 89.9 Å². The van der Waals surface area contributed by atoms with Crippen molar-refractivity contribution in [3.05, 3.63) is 72.9 Å². The lowest BCUT2D eigenvalue weighted by atomic mass is 10.1. The van der Waals surface area contributed by atoms with Gasteiger partial charge in [0.15, 0.2) is 6.10 Å². The molecule has 0 aromatic carbocycles. The van der Waals surface area contributed by atoms with Crippen molar-refractivity contribution in [2.45, 2.75) is 173 Å². The van der Waals surface area contributed by atoms with Crippen LogP contribution in [0.15, 0.2) is 72.9 Å². The van der Waals surface area contributed by atoms with Gasteiger partial charge in [0.1, 0.15) is 6.61 Å². The highest BCUT2D eigenvalue weighted by atomic mass is 31.2. The van der Waals surface area contributed by atoms with Crippen LogP contribution in [0.3, 0.4) is 0 Å². The molecule has 0 saturated carbocycles. The summed E-state index contributed by atoms with van der Waals surface area (Å²) >= 11 is 0. The van der Waals surface area contributed by atoms with E-state index in [1.165, 1.54) is 44.9 Å². The summed E-state index contributed by atoms with van der Waals surface area (Å²) in [4.78, 5) is 42.8. The monoisotopic (exact) mass is 762 g/mol. The van der Waals surface area contributed by atoms with Gasteiger partial charge in [-0.3, -0.25) is 14.1 Å². The molecule has 3 atom stereocenters. The zero-order chi connectivity index (χ0) is 38.7. The lowest BCUT2D eigenvalue weighted by Gasteiger charge is -2.18. The van der Waals surface area contributed by atoms with Crippen molar-refractivity contribution in [3.63, 3.8) is 0 Å².